The lowest BCUT2D eigenvalue weighted by molar-refractivity contribution is -0.160. The standard InChI is InChI=1S/C22H41N3O8/c1-8-24(14-17(26)32-21(2,3)4)11-9-23-10-12-25(13-16(19(28)29)20(30)31)15-18(27)33-22(5,6)7/h16,23H,8-15H2,1-7H3,(H,28,29)(H,30,31). The van der Waals surface area contributed by atoms with Gasteiger partial charge in [0.25, 0.3) is 0 Å². The highest BCUT2D eigenvalue weighted by molar-refractivity contribution is 5.93. The number of likely N-dealkylation sites (N-methyl/N-ethyl adjacent to an activating group) is 1. The van der Waals surface area contributed by atoms with Crippen molar-refractivity contribution in [1.29, 1.82) is 0 Å². The van der Waals surface area contributed by atoms with E-state index in [1.807, 2.05) is 32.6 Å². The van der Waals surface area contributed by atoms with Crippen LogP contribution in [0.2, 0.25) is 0 Å². The molecule has 192 valence electrons. The lowest BCUT2D eigenvalue weighted by atomic mass is 10.1. The first kappa shape index (κ1) is 30.8. The van der Waals surface area contributed by atoms with Crippen LogP contribution in [0.15, 0.2) is 0 Å². The molecular weight excluding hydrogens is 434 g/mol. The molecule has 0 rings (SSSR count). The van der Waals surface area contributed by atoms with Crippen LogP contribution in [0.3, 0.4) is 0 Å². The van der Waals surface area contributed by atoms with Crippen LogP contribution in [0.1, 0.15) is 48.5 Å². The Hall–Kier alpha value is -2.24. The first-order valence-electron chi connectivity index (χ1n) is 11.1. The van der Waals surface area contributed by atoms with E-state index >= 15 is 0 Å². The van der Waals surface area contributed by atoms with Crippen molar-refractivity contribution < 1.29 is 38.9 Å². The molecule has 0 aromatic rings. The number of hydrogen-bond acceptors (Lipinski definition) is 9. The van der Waals surface area contributed by atoms with Crippen LogP contribution in [-0.4, -0.2) is 107 Å². The van der Waals surface area contributed by atoms with E-state index in [1.165, 1.54) is 4.90 Å². The number of nitrogens with zero attached hydrogens (tertiary/aromatic N) is 2. The third-order valence-corrected chi connectivity index (χ3v) is 4.24. The van der Waals surface area contributed by atoms with Gasteiger partial charge < -0.3 is 25.0 Å². The molecule has 0 aliphatic rings. The molecule has 3 N–H and O–H groups in total. The number of carbonyl (C=O) groups is 4. The molecule has 0 bridgehead atoms. The molecule has 0 saturated heterocycles. The average Bonchev–Trinajstić information content (AvgIpc) is 2.60. The molecule has 0 fully saturated rings. The number of carboxylic acid groups (broad SMARTS) is 2. The molecule has 11 heteroatoms. The molecule has 0 aromatic heterocycles. The van der Waals surface area contributed by atoms with Crippen LogP contribution in [0.25, 0.3) is 0 Å². The highest BCUT2D eigenvalue weighted by Crippen LogP contribution is 2.09. The summed E-state index contributed by atoms with van der Waals surface area (Å²) < 4.78 is 10.6. The summed E-state index contributed by atoms with van der Waals surface area (Å²) in [4.78, 5) is 50.1. The van der Waals surface area contributed by atoms with Crippen molar-refractivity contribution >= 4 is 23.9 Å². The largest absolute Gasteiger partial charge is 0.481 e. The Morgan fingerprint density at radius 1 is 0.788 bits per heavy atom. The summed E-state index contributed by atoms with van der Waals surface area (Å²) in [5.74, 6) is -5.46. The van der Waals surface area contributed by atoms with Crippen LogP contribution in [0, 0.1) is 5.92 Å². The fourth-order valence-corrected chi connectivity index (χ4v) is 2.82. The van der Waals surface area contributed by atoms with Gasteiger partial charge in [0, 0.05) is 32.7 Å². The highest BCUT2D eigenvalue weighted by Gasteiger charge is 2.30. The summed E-state index contributed by atoms with van der Waals surface area (Å²) in [6, 6.07) is 0. The summed E-state index contributed by atoms with van der Waals surface area (Å²) >= 11 is 0. The monoisotopic (exact) mass is 475 g/mol. The van der Waals surface area contributed by atoms with E-state index in [2.05, 4.69) is 5.32 Å². The molecule has 0 aliphatic carbocycles. The second-order valence-corrected chi connectivity index (χ2v) is 9.76. The minimum Gasteiger partial charge on any atom is -0.481 e. The summed E-state index contributed by atoms with van der Waals surface area (Å²) in [5.41, 5.74) is -1.26. The number of ether oxygens (including phenoxy) is 2. The van der Waals surface area contributed by atoms with Gasteiger partial charge in [0.05, 0.1) is 13.1 Å². The molecule has 0 radical (unpaired) electrons. The molecule has 0 aliphatic heterocycles. The van der Waals surface area contributed by atoms with Crippen LogP contribution < -0.4 is 5.32 Å². The van der Waals surface area contributed by atoms with Gasteiger partial charge in [-0.15, -0.1) is 0 Å². The number of hydrogen-bond donors (Lipinski definition) is 3. The normalized spacial score (nSPS) is 12.3. The van der Waals surface area contributed by atoms with E-state index in [9.17, 15) is 29.4 Å². The predicted molar refractivity (Wildman–Crippen MR) is 122 cm³/mol. The van der Waals surface area contributed by atoms with E-state index in [0.717, 1.165) is 0 Å². The number of rotatable bonds is 15. The van der Waals surface area contributed by atoms with Crippen molar-refractivity contribution in [2.24, 2.45) is 5.92 Å². The fraction of sp³-hybridized carbons (Fsp3) is 0.818. The van der Waals surface area contributed by atoms with E-state index in [4.69, 9.17) is 9.47 Å². The zero-order valence-electron chi connectivity index (χ0n) is 21.0. The molecule has 0 heterocycles. The van der Waals surface area contributed by atoms with Crippen LogP contribution >= 0.6 is 0 Å². The summed E-state index contributed by atoms with van der Waals surface area (Å²) in [6.07, 6.45) is 0. The Kier molecular flexibility index (Phi) is 13.2. The third-order valence-electron chi connectivity index (χ3n) is 4.24. The van der Waals surface area contributed by atoms with Gasteiger partial charge in [0.15, 0.2) is 5.92 Å². The maximum absolute atomic E-state index is 12.2. The van der Waals surface area contributed by atoms with Gasteiger partial charge in [-0.3, -0.25) is 29.0 Å². The van der Waals surface area contributed by atoms with E-state index in [1.54, 1.807) is 20.8 Å². The molecule has 0 atom stereocenters. The Morgan fingerprint density at radius 2 is 1.18 bits per heavy atom. The minimum atomic E-state index is -1.66. The Morgan fingerprint density at radius 3 is 1.55 bits per heavy atom. The lowest BCUT2D eigenvalue weighted by Gasteiger charge is -2.26. The number of carbonyl (C=O) groups excluding carboxylic acids is 2. The van der Waals surface area contributed by atoms with Crippen molar-refractivity contribution in [1.82, 2.24) is 15.1 Å². The summed E-state index contributed by atoms with van der Waals surface area (Å²) in [7, 11) is 0. The van der Waals surface area contributed by atoms with Gasteiger partial charge in [-0.05, 0) is 48.1 Å². The Bertz CT molecular complexity index is 641. The van der Waals surface area contributed by atoms with Crippen molar-refractivity contribution in [3.8, 4) is 0 Å². The smallest absolute Gasteiger partial charge is 0.320 e. The summed E-state index contributed by atoms with van der Waals surface area (Å²) in [5, 5.41) is 21.5. The zero-order chi connectivity index (χ0) is 25.8. The molecule has 0 unspecified atom stereocenters. The van der Waals surface area contributed by atoms with Gasteiger partial charge in [-0.1, -0.05) is 6.92 Å². The number of aliphatic carboxylic acids is 2. The molecule has 0 amide bonds. The SMILES string of the molecule is CCN(CCNCCN(CC(=O)OC(C)(C)C)CC(C(=O)O)C(=O)O)CC(=O)OC(C)(C)C. The van der Waals surface area contributed by atoms with Crippen molar-refractivity contribution in [2.45, 2.75) is 59.7 Å². The molecule has 11 nitrogen and oxygen atoms in total. The quantitative estimate of drug-likeness (QED) is 0.174. The van der Waals surface area contributed by atoms with Gasteiger partial charge >= 0.3 is 23.9 Å². The van der Waals surface area contributed by atoms with Crippen LogP contribution in [0.4, 0.5) is 0 Å². The fourth-order valence-electron chi connectivity index (χ4n) is 2.82. The van der Waals surface area contributed by atoms with Crippen molar-refractivity contribution in [2.75, 3.05) is 52.4 Å². The van der Waals surface area contributed by atoms with Gasteiger partial charge in [0.2, 0.25) is 0 Å². The maximum Gasteiger partial charge on any atom is 0.320 e. The van der Waals surface area contributed by atoms with Crippen molar-refractivity contribution in [3.63, 3.8) is 0 Å². The zero-order valence-corrected chi connectivity index (χ0v) is 21.0. The van der Waals surface area contributed by atoms with Crippen molar-refractivity contribution in [3.05, 3.63) is 0 Å². The third kappa shape index (κ3) is 16.1. The maximum atomic E-state index is 12.2. The molecule has 0 spiro atoms. The number of esters is 2. The molecule has 0 saturated carbocycles. The topological polar surface area (TPSA) is 146 Å². The average molecular weight is 476 g/mol. The van der Waals surface area contributed by atoms with Gasteiger partial charge in [-0.25, -0.2) is 0 Å². The van der Waals surface area contributed by atoms with Crippen LogP contribution in [-0.2, 0) is 28.7 Å². The second kappa shape index (κ2) is 14.1. The second-order valence-electron chi connectivity index (χ2n) is 9.76. The van der Waals surface area contributed by atoms with E-state index in [-0.39, 0.29) is 32.1 Å². The number of nitrogens with one attached hydrogen (secondary N) is 1. The summed E-state index contributed by atoms with van der Waals surface area (Å²) in [6.45, 7) is 14.5. The first-order valence-corrected chi connectivity index (χ1v) is 11.1. The van der Waals surface area contributed by atoms with E-state index < -0.39 is 35.0 Å². The van der Waals surface area contributed by atoms with Gasteiger partial charge in [0.1, 0.15) is 11.2 Å². The Labute approximate surface area is 196 Å². The van der Waals surface area contributed by atoms with Crippen LogP contribution in [0.5, 0.6) is 0 Å². The lowest BCUT2D eigenvalue weighted by Crippen LogP contribution is -2.45. The molecular formula is C22H41N3O8. The minimum absolute atomic E-state index is 0.166. The predicted octanol–water partition coefficient (Wildman–Crippen LogP) is 0.669. The molecule has 33 heavy (non-hydrogen) atoms. The Balaban J connectivity index is 4.74. The molecule has 0 aromatic carbocycles. The van der Waals surface area contributed by atoms with E-state index in [0.29, 0.717) is 26.2 Å². The van der Waals surface area contributed by atoms with Gasteiger partial charge in [-0.2, -0.15) is 0 Å². The highest BCUT2D eigenvalue weighted by atomic mass is 16.6. The number of carboxylic acids is 2. The first-order chi connectivity index (χ1) is 15.0.